The molecule has 8 nitrogen and oxygen atoms in total. The van der Waals surface area contributed by atoms with Crippen LogP contribution in [0.3, 0.4) is 0 Å². The molecule has 0 unspecified atom stereocenters. The molecule has 40 heavy (non-hydrogen) atoms. The summed E-state index contributed by atoms with van der Waals surface area (Å²) >= 11 is 0. The van der Waals surface area contributed by atoms with Gasteiger partial charge in [-0.05, 0) is 71.8 Å². The second-order valence-corrected chi connectivity index (χ2v) is 8.84. The Kier molecular flexibility index (Phi) is 7.37. The lowest BCUT2D eigenvalue weighted by molar-refractivity contribution is -0.122. The van der Waals surface area contributed by atoms with E-state index in [4.69, 9.17) is 9.47 Å². The van der Waals surface area contributed by atoms with Crippen LogP contribution in [-0.2, 0) is 20.9 Å². The zero-order valence-electron chi connectivity index (χ0n) is 21.3. The lowest BCUT2D eigenvalue weighted by atomic mass is 9.99. The maximum atomic E-state index is 13.7. The van der Waals surface area contributed by atoms with E-state index in [-0.39, 0.29) is 30.0 Å². The number of hydrogen-bond donors (Lipinski definition) is 1. The van der Waals surface area contributed by atoms with Crippen molar-refractivity contribution in [3.63, 3.8) is 0 Å². The van der Waals surface area contributed by atoms with Crippen molar-refractivity contribution >= 4 is 46.4 Å². The normalized spacial score (nSPS) is 14.4. The average Bonchev–Trinajstić information content (AvgIpc) is 2.95. The average molecular weight is 539 g/mol. The molecule has 0 aliphatic carbocycles. The second-order valence-electron chi connectivity index (χ2n) is 8.84. The second kappa shape index (κ2) is 11.2. The number of nitrogens with one attached hydrogen (secondary N) is 1. The van der Waals surface area contributed by atoms with Crippen LogP contribution in [-0.4, -0.2) is 30.4 Å². The fourth-order valence-corrected chi connectivity index (χ4v) is 4.34. The molecule has 1 saturated heterocycles. The standard InChI is InChI=1S/C31H23FN2O6/c1-2-39-30(37)21-10-13-23(14-11-21)34-29(36)26(28(35)33-31(34)38)17-25-24-9-4-3-7-20(24)12-15-27(25)40-18-19-6-5-8-22(32)16-19/h3-17H,2,18H2,1H3,(H,33,35,38)/b26-17+. The zero-order chi connectivity index (χ0) is 28.2. The van der Waals surface area contributed by atoms with Crippen LogP contribution in [0, 0.1) is 5.82 Å². The highest BCUT2D eigenvalue weighted by molar-refractivity contribution is 6.39. The molecule has 0 bridgehead atoms. The molecule has 1 aliphatic rings. The summed E-state index contributed by atoms with van der Waals surface area (Å²) in [7, 11) is 0. The fraction of sp³-hybridized carbons (Fsp3) is 0.0968. The number of carbonyl (C=O) groups excluding carboxylic acids is 4. The van der Waals surface area contributed by atoms with Crippen LogP contribution < -0.4 is 15.0 Å². The third-order valence-corrected chi connectivity index (χ3v) is 6.24. The minimum atomic E-state index is -0.920. The lowest BCUT2D eigenvalue weighted by Crippen LogP contribution is -2.54. The van der Waals surface area contributed by atoms with Gasteiger partial charge < -0.3 is 9.47 Å². The topological polar surface area (TPSA) is 102 Å². The molecular formula is C31H23FN2O6. The predicted octanol–water partition coefficient (Wildman–Crippen LogP) is 5.40. The van der Waals surface area contributed by atoms with E-state index in [1.807, 2.05) is 30.3 Å². The van der Waals surface area contributed by atoms with E-state index in [0.29, 0.717) is 22.3 Å². The van der Waals surface area contributed by atoms with Gasteiger partial charge in [-0.25, -0.2) is 18.9 Å². The SMILES string of the molecule is CCOC(=O)c1ccc(N2C(=O)NC(=O)/C(=C\c3c(OCc4cccc(F)c4)ccc4ccccc34)C2=O)cc1. The molecule has 1 fully saturated rings. The number of esters is 1. The van der Waals surface area contributed by atoms with Crippen LogP contribution in [0.5, 0.6) is 5.75 Å². The Labute approximate surface area is 228 Å². The molecule has 200 valence electrons. The largest absolute Gasteiger partial charge is 0.488 e. The number of carbonyl (C=O) groups is 4. The Morgan fingerprint density at radius 2 is 1.73 bits per heavy atom. The molecule has 0 atom stereocenters. The predicted molar refractivity (Wildman–Crippen MR) is 146 cm³/mol. The van der Waals surface area contributed by atoms with Crippen molar-refractivity contribution in [1.82, 2.24) is 5.32 Å². The van der Waals surface area contributed by atoms with Crippen molar-refractivity contribution in [2.45, 2.75) is 13.5 Å². The number of fused-ring (bicyclic) bond motifs is 1. The quantitative estimate of drug-likeness (QED) is 0.192. The van der Waals surface area contributed by atoms with E-state index in [1.165, 1.54) is 42.5 Å². The van der Waals surface area contributed by atoms with Crippen molar-refractivity contribution in [2.24, 2.45) is 0 Å². The number of rotatable bonds is 7. The summed E-state index contributed by atoms with van der Waals surface area (Å²) in [5.41, 5.74) is 1.16. The molecular weight excluding hydrogens is 515 g/mol. The Bertz CT molecular complexity index is 1680. The third kappa shape index (κ3) is 5.30. The maximum absolute atomic E-state index is 13.7. The number of nitrogens with zero attached hydrogens (tertiary/aromatic N) is 1. The van der Waals surface area contributed by atoms with E-state index >= 15 is 0 Å². The highest BCUT2D eigenvalue weighted by Gasteiger charge is 2.37. The van der Waals surface area contributed by atoms with Gasteiger partial charge in [0, 0.05) is 5.56 Å². The molecule has 4 aromatic carbocycles. The molecule has 0 spiro atoms. The molecule has 4 aromatic rings. The summed E-state index contributed by atoms with van der Waals surface area (Å²) < 4.78 is 24.7. The molecule has 5 rings (SSSR count). The van der Waals surface area contributed by atoms with E-state index in [1.54, 1.807) is 25.1 Å². The Hall–Kier alpha value is -5.31. The number of ether oxygens (including phenoxy) is 2. The summed E-state index contributed by atoms with van der Waals surface area (Å²) in [6.45, 7) is 1.93. The van der Waals surface area contributed by atoms with Crippen molar-refractivity contribution in [2.75, 3.05) is 11.5 Å². The van der Waals surface area contributed by atoms with Gasteiger partial charge in [0.15, 0.2) is 0 Å². The number of amides is 4. The van der Waals surface area contributed by atoms with Crippen molar-refractivity contribution in [1.29, 1.82) is 0 Å². The third-order valence-electron chi connectivity index (χ3n) is 6.24. The lowest BCUT2D eigenvalue weighted by Gasteiger charge is -2.26. The first-order valence-corrected chi connectivity index (χ1v) is 12.4. The molecule has 4 amide bonds. The first-order valence-electron chi connectivity index (χ1n) is 12.4. The maximum Gasteiger partial charge on any atom is 0.338 e. The number of barbiturate groups is 1. The van der Waals surface area contributed by atoms with Crippen LogP contribution in [0.15, 0.2) is 90.5 Å². The van der Waals surface area contributed by atoms with Gasteiger partial charge in [-0.2, -0.15) is 0 Å². The van der Waals surface area contributed by atoms with Crippen molar-refractivity contribution < 1.29 is 33.0 Å². The number of benzene rings is 4. The Balaban J connectivity index is 1.53. The number of halogens is 1. The van der Waals surface area contributed by atoms with Crippen LogP contribution in [0.25, 0.3) is 16.8 Å². The number of imide groups is 2. The van der Waals surface area contributed by atoms with Crippen LogP contribution in [0.1, 0.15) is 28.4 Å². The van der Waals surface area contributed by atoms with Crippen LogP contribution in [0.4, 0.5) is 14.9 Å². The van der Waals surface area contributed by atoms with Crippen molar-refractivity contribution in [3.8, 4) is 5.75 Å². The summed E-state index contributed by atoms with van der Waals surface area (Å²) in [5.74, 6) is -2.29. The summed E-state index contributed by atoms with van der Waals surface area (Å²) in [6.07, 6.45) is 1.38. The minimum absolute atomic E-state index is 0.0455. The number of anilines is 1. The van der Waals surface area contributed by atoms with E-state index in [9.17, 15) is 23.6 Å². The van der Waals surface area contributed by atoms with Gasteiger partial charge in [0.25, 0.3) is 11.8 Å². The number of urea groups is 1. The smallest absolute Gasteiger partial charge is 0.338 e. The molecule has 1 N–H and O–H groups in total. The highest BCUT2D eigenvalue weighted by Crippen LogP contribution is 2.32. The molecule has 0 radical (unpaired) electrons. The summed E-state index contributed by atoms with van der Waals surface area (Å²) in [6, 6.07) is 21.7. The minimum Gasteiger partial charge on any atom is -0.488 e. The first-order chi connectivity index (χ1) is 19.4. The van der Waals surface area contributed by atoms with E-state index < -0.39 is 29.6 Å². The van der Waals surface area contributed by atoms with Gasteiger partial charge >= 0.3 is 12.0 Å². The van der Waals surface area contributed by atoms with Gasteiger partial charge in [0.1, 0.15) is 23.7 Å². The Morgan fingerprint density at radius 3 is 2.48 bits per heavy atom. The van der Waals surface area contributed by atoms with Gasteiger partial charge in [-0.1, -0.05) is 42.5 Å². The van der Waals surface area contributed by atoms with Gasteiger partial charge in [-0.15, -0.1) is 0 Å². The van der Waals surface area contributed by atoms with Gasteiger partial charge in [-0.3, -0.25) is 14.9 Å². The first kappa shape index (κ1) is 26.3. The van der Waals surface area contributed by atoms with E-state index in [2.05, 4.69) is 5.32 Å². The zero-order valence-corrected chi connectivity index (χ0v) is 21.3. The summed E-state index contributed by atoms with van der Waals surface area (Å²) in [5, 5.41) is 3.74. The monoisotopic (exact) mass is 538 g/mol. The van der Waals surface area contributed by atoms with Gasteiger partial charge in [0.2, 0.25) is 0 Å². The molecule has 1 heterocycles. The Morgan fingerprint density at radius 1 is 0.950 bits per heavy atom. The van der Waals surface area contributed by atoms with Crippen molar-refractivity contribution in [3.05, 3.63) is 113 Å². The van der Waals surface area contributed by atoms with E-state index in [0.717, 1.165) is 10.3 Å². The van der Waals surface area contributed by atoms with Crippen LogP contribution in [0.2, 0.25) is 0 Å². The molecule has 0 saturated carbocycles. The van der Waals surface area contributed by atoms with Crippen LogP contribution >= 0.6 is 0 Å². The fourth-order valence-electron chi connectivity index (χ4n) is 4.34. The highest BCUT2D eigenvalue weighted by atomic mass is 19.1. The van der Waals surface area contributed by atoms with Gasteiger partial charge in [0.05, 0.1) is 17.9 Å². The number of hydrogen-bond acceptors (Lipinski definition) is 6. The summed E-state index contributed by atoms with van der Waals surface area (Å²) in [4.78, 5) is 51.9. The molecule has 1 aliphatic heterocycles. The molecule has 0 aromatic heterocycles. The molecule has 9 heteroatoms.